The van der Waals surface area contributed by atoms with Gasteiger partial charge in [0.2, 0.25) is 5.78 Å². The molecule has 13 heavy (non-hydrogen) atoms. The van der Waals surface area contributed by atoms with Crippen LogP contribution in [-0.4, -0.2) is 24.8 Å². The van der Waals surface area contributed by atoms with Gasteiger partial charge in [0.15, 0.2) is 0 Å². The van der Waals surface area contributed by atoms with Crippen LogP contribution in [-0.2, 0) is 14.3 Å². The second-order valence-electron chi connectivity index (χ2n) is 3.06. The van der Waals surface area contributed by atoms with Crippen molar-refractivity contribution in [1.29, 1.82) is 0 Å². The molecule has 0 aromatic heterocycles. The lowest BCUT2D eigenvalue weighted by atomic mass is 9.82. The maximum absolute atomic E-state index is 11.6. The predicted molar refractivity (Wildman–Crippen MR) is 49.4 cm³/mol. The zero-order valence-electron chi connectivity index (χ0n) is 8.64. The maximum Gasteiger partial charge on any atom is 0.257 e. The maximum atomic E-state index is 11.6. The number of ether oxygens (including phenoxy) is 2. The van der Waals surface area contributed by atoms with Gasteiger partial charge in [0, 0.05) is 24.4 Å². The molecule has 0 aromatic rings. The molecule has 0 N–H and O–H groups in total. The molecule has 0 spiro atoms. The Kier molecular flexibility index (Phi) is 2.88. The summed E-state index contributed by atoms with van der Waals surface area (Å²) >= 11 is 0. The second kappa shape index (κ2) is 3.60. The van der Waals surface area contributed by atoms with Crippen LogP contribution in [0.15, 0.2) is 11.1 Å². The molecular formula is C10H16O3. The number of hydrogen-bond acceptors (Lipinski definition) is 3. The molecule has 74 valence electrons. The lowest BCUT2D eigenvalue weighted by molar-refractivity contribution is -0.213. The molecule has 0 aliphatic heterocycles. The van der Waals surface area contributed by atoms with E-state index < -0.39 is 5.79 Å². The third-order valence-corrected chi connectivity index (χ3v) is 2.39. The number of rotatable bonds is 4. The van der Waals surface area contributed by atoms with Crippen LogP contribution in [0, 0.1) is 0 Å². The van der Waals surface area contributed by atoms with Crippen molar-refractivity contribution in [3.8, 4) is 0 Å². The van der Waals surface area contributed by atoms with E-state index in [2.05, 4.69) is 0 Å². The Labute approximate surface area is 78.7 Å². The number of hydrogen-bond donors (Lipinski definition) is 0. The van der Waals surface area contributed by atoms with Crippen LogP contribution in [0.5, 0.6) is 0 Å². The van der Waals surface area contributed by atoms with E-state index in [9.17, 15) is 4.79 Å². The third-order valence-electron chi connectivity index (χ3n) is 2.39. The number of carbonyl (C=O) groups is 1. The van der Waals surface area contributed by atoms with Gasteiger partial charge in [-0.1, -0.05) is 0 Å². The molecule has 1 aliphatic carbocycles. The Morgan fingerprint density at radius 1 is 1.15 bits per heavy atom. The number of carbonyl (C=O) groups excluding carboxylic acids is 1. The highest BCUT2D eigenvalue weighted by molar-refractivity contribution is 6.10. The third kappa shape index (κ3) is 1.32. The van der Waals surface area contributed by atoms with Crippen molar-refractivity contribution in [2.75, 3.05) is 13.2 Å². The van der Waals surface area contributed by atoms with Crippen LogP contribution in [0.1, 0.15) is 27.7 Å². The van der Waals surface area contributed by atoms with Gasteiger partial charge >= 0.3 is 0 Å². The molecule has 0 unspecified atom stereocenters. The van der Waals surface area contributed by atoms with Crippen LogP contribution in [0.3, 0.4) is 0 Å². The zero-order chi connectivity index (χ0) is 10.1. The van der Waals surface area contributed by atoms with Gasteiger partial charge in [-0.15, -0.1) is 0 Å². The SMILES string of the molecule is CCOC1(OCC)C(=O)C(C)=C1C. The Bertz CT molecular complexity index is 247. The summed E-state index contributed by atoms with van der Waals surface area (Å²) < 4.78 is 10.7. The second-order valence-corrected chi connectivity index (χ2v) is 3.06. The summed E-state index contributed by atoms with van der Waals surface area (Å²) in [6.45, 7) is 8.35. The number of ketones is 1. The van der Waals surface area contributed by atoms with Gasteiger partial charge in [0.1, 0.15) is 0 Å². The summed E-state index contributed by atoms with van der Waals surface area (Å²) in [5, 5.41) is 0. The van der Waals surface area contributed by atoms with Crippen molar-refractivity contribution in [3.63, 3.8) is 0 Å². The quantitative estimate of drug-likeness (QED) is 0.623. The van der Waals surface area contributed by atoms with Gasteiger partial charge < -0.3 is 9.47 Å². The van der Waals surface area contributed by atoms with Crippen molar-refractivity contribution in [1.82, 2.24) is 0 Å². The molecular weight excluding hydrogens is 168 g/mol. The van der Waals surface area contributed by atoms with Crippen molar-refractivity contribution in [2.24, 2.45) is 0 Å². The Hall–Kier alpha value is -0.670. The van der Waals surface area contributed by atoms with Gasteiger partial charge in [-0.3, -0.25) is 4.79 Å². The summed E-state index contributed by atoms with van der Waals surface area (Å²) in [7, 11) is 0. The molecule has 0 bridgehead atoms. The Balaban J connectivity index is 2.89. The van der Waals surface area contributed by atoms with Gasteiger partial charge in [0.25, 0.3) is 5.79 Å². The summed E-state index contributed by atoms with van der Waals surface area (Å²) in [6.07, 6.45) is 0. The lowest BCUT2D eigenvalue weighted by Crippen LogP contribution is -2.53. The van der Waals surface area contributed by atoms with Crippen molar-refractivity contribution in [3.05, 3.63) is 11.1 Å². The Morgan fingerprint density at radius 3 is 1.92 bits per heavy atom. The van der Waals surface area contributed by atoms with Gasteiger partial charge in [-0.25, -0.2) is 0 Å². The highest BCUT2D eigenvalue weighted by Crippen LogP contribution is 2.38. The topological polar surface area (TPSA) is 35.5 Å². The predicted octanol–water partition coefficient (Wildman–Crippen LogP) is 1.67. The highest BCUT2D eigenvalue weighted by Gasteiger charge is 2.52. The van der Waals surface area contributed by atoms with Crippen LogP contribution >= 0.6 is 0 Å². The molecule has 0 atom stereocenters. The van der Waals surface area contributed by atoms with Crippen LogP contribution in [0.4, 0.5) is 0 Å². The number of Topliss-reactive ketones (excluding diaryl/α,β-unsaturated/α-hetero) is 1. The first-order valence-electron chi connectivity index (χ1n) is 4.60. The van der Waals surface area contributed by atoms with E-state index >= 15 is 0 Å². The summed E-state index contributed by atoms with van der Waals surface area (Å²) in [6, 6.07) is 0. The summed E-state index contributed by atoms with van der Waals surface area (Å²) in [5.41, 5.74) is 1.67. The summed E-state index contributed by atoms with van der Waals surface area (Å²) in [5.74, 6) is -1.08. The minimum atomic E-state index is -1.05. The van der Waals surface area contributed by atoms with E-state index in [1.807, 2.05) is 20.8 Å². The highest BCUT2D eigenvalue weighted by atomic mass is 16.7. The standard InChI is InChI=1S/C10H16O3/c1-5-12-10(13-6-2)8(4)7(3)9(10)11/h5-6H2,1-4H3. The molecule has 0 aromatic carbocycles. The molecule has 3 nitrogen and oxygen atoms in total. The molecule has 1 aliphatic rings. The van der Waals surface area contributed by atoms with Crippen LogP contribution in [0.2, 0.25) is 0 Å². The van der Waals surface area contributed by atoms with Crippen molar-refractivity contribution < 1.29 is 14.3 Å². The van der Waals surface area contributed by atoms with E-state index in [0.717, 1.165) is 11.1 Å². The Morgan fingerprint density at radius 2 is 1.62 bits per heavy atom. The zero-order valence-corrected chi connectivity index (χ0v) is 8.64. The molecule has 0 radical (unpaired) electrons. The molecule has 0 amide bonds. The first kappa shape index (κ1) is 10.4. The fourth-order valence-electron chi connectivity index (χ4n) is 1.57. The molecule has 0 saturated heterocycles. The van der Waals surface area contributed by atoms with E-state index in [4.69, 9.17) is 9.47 Å². The molecule has 1 rings (SSSR count). The first-order valence-corrected chi connectivity index (χ1v) is 4.60. The van der Waals surface area contributed by atoms with E-state index in [-0.39, 0.29) is 5.78 Å². The van der Waals surface area contributed by atoms with E-state index in [1.54, 1.807) is 6.92 Å². The summed E-state index contributed by atoms with van der Waals surface area (Å²) in [4.78, 5) is 11.6. The molecule has 3 heteroatoms. The van der Waals surface area contributed by atoms with Gasteiger partial charge in [-0.05, 0) is 27.7 Å². The fraction of sp³-hybridized carbons (Fsp3) is 0.700. The van der Waals surface area contributed by atoms with Gasteiger partial charge in [-0.2, -0.15) is 0 Å². The largest absolute Gasteiger partial charge is 0.340 e. The minimum Gasteiger partial charge on any atom is -0.340 e. The fourth-order valence-corrected chi connectivity index (χ4v) is 1.57. The first-order chi connectivity index (χ1) is 6.10. The van der Waals surface area contributed by atoms with Crippen LogP contribution in [0.25, 0.3) is 0 Å². The monoisotopic (exact) mass is 184 g/mol. The minimum absolute atomic E-state index is 0.0336. The molecule has 0 fully saturated rings. The van der Waals surface area contributed by atoms with Crippen LogP contribution < -0.4 is 0 Å². The average molecular weight is 184 g/mol. The van der Waals surface area contributed by atoms with Crippen molar-refractivity contribution in [2.45, 2.75) is 33.5 Å². The molecule has 0 saturated carbocycles. The van der Waals surface area contributed by atoms with Gasteiger partial charge in [0.05, 0.1) is 0 Å². The van der Waals surface area contributed by atoms with Crippen molar-refractivity contribution >= 4 is 5.78 Å². The lowest BCUT2D eigenvalue weighted by Gasteiger charge is -2.40. The van der Waals surface area contributed by atoms with E-state index in [1.165, 1.54) is 0 Å². The van der Waals surface area contributed by atoms with E-state index in [0.29, 0.717) is 13.2 Å². The normalized spacial score (nSPS) is 20.5. The smallest absolute Gasteiger partial charge is 0.257 e. The molecule has 0 heterocycles. The average Bonchev–Trinajstić information content (AvgIpc) is 2.15.